The molecule has 1 aliphatic rings. The number of sulfonamides is 1. The molecule has 0 atom stereocenters. The molecule has 0 fully saturated rings. The highest BCUT2D eigenvalue weighted by Crippen LogP contribution is 2.34. The molecule has 0 saturated heterocycles. The Balaban J connectivity index is 2.25. The molecule has 9 heteroatoms. The van der Waals surface area contributed by atoms with Gasteiger partial charge in [0, 0.05) is 23.4 Å². The third kappa shape index (κ3) is 3.53. The molecule has 0 aliphatic carbocycles. The number of rotatable bonds is 1. The molecule has 1 amide bonds. The maximum atomic E-state index is 14.2. The van der Waals surface area contributed by atoms with Crippen LogP contribution >= 0.6 is 11.3 Å². The zero-order valence-electron chi connectivity index (χ0n) is 12.0. The number of fused-ring (bicyclic) bond motifs is 1. The molecule has 0 radical (unpaired) electrons. The van der Waals surface area contributed by atoms with Gasteiger partial charge in [0.1, 0.15) is 5.60 Å². The maximum Gasteiger partial charge on any atom is 0.410 e. The number of nitrogens with zero attached hydrogens (tertiary/aromatic N) is 1. The summed E-state index contributed by atoms with van der Waals surface area (Å²) in [4.78, 5) is 13.9. The van der Waals surface area contributed by atoms with Crippen molar-refractivity contribution in [2.24, 2.45) is 5.14 Å². The van der Waals surface area contributed by atoms with Crippen molar-refractivity contribution in [3.63, 3.8) is 0 Å². The lowest BCUT2D eigenvalue weighted by atomic mass is 10.1. The summed E-state index contributed by atoms with van der Waals surface area (Å²) in [5.74, 6) is -0.856. The Morgan fingerprint density at radius 3 is 2.57 bits per heavy atom. The first-order valence-corrected chi connectivity index (χ1v) is 8.66. The first-order valence-electron chi connectivity index (χ1n) is 6.30. The highest BCUT2D eigenvalue weighted by Gasteiger charge is 2.32. The predicted octanol–water partition coefficient (Wildman–Crippen LogP) is 1.83. The van der Waals surface area contributed by atoms with E-state index in [-0.39, 0.29) is 12.1 Å². The SMILES string of the molecule is CC(C)(C)OC(=O)N1CCc2sc(S(N)(=O)=O)c(F)c2C1. The molecule has 1 aromatic heterocycles. The van der Waals surface area contributed by atoms with Crippen molar-refractivity contribution in [2.45, 2.75) is 43.5 Å². The Morgan fingerprint density at radius 2 is 2.05 bits per heavy atom. The Morgan fingerprint density at radius 1 is 1.43 bits per heavy atom. The summed E-state index contributed by atoms with van der Waals surface area (Å²) in [5.41, 5.74) is -0.433. The van der Waals surface area contributed by atoms with Gasteiger partial charge in [-0.15, -0.1) is 11.3 Å². The predicted molar refractivity (Wildman–Crippen MR) is 76.0 cm³/mol. The normalized spacial score (nSPS) is 15.8. The molecule has 2 heterocycles. The molecular formula is C12H17FN2O4S2. The van der Waals surface area contributed by atoms with Gasteiger partial charge in [0.15, 0.2) is 10.0 Å². The Hall–Kier alpha value is -1.19. The van der Waals surface area contributed by atoms with Crippen LogP contribution in [0.4, 0.5) is 9.18 Å². The van der Waals surface area contributed by atoms with Crippen LogP contribution in [0.5, 0.6) is 0 Å². The van der Waals surface area contributed by atoms with Gasteiger partial charge in [-0.25, -0.2) is 22.7 Å². The summed E-state index contributed by atoms with van der Waals surface area (Å²) in [6.45, 7) is 5.56. The van der Waals surface area contributed by atoms with E-state index >= 15 is 0 Å². The second kappa shape index (κ2) is 5.22. The van der Waals surface area contributed by atoms with E-state index in [2.05, 4.69) is 0 Å². The standard InChI is InChI=1S/C12H17FN2O4S2/c1-12(2,3)19-11(16)15-5-4-8-7(6-15)9(13)10(20-8)21(14,17)18/h4-6H2,1-3H3,(H2,14,17,18). The van der Waals surface area contributed by atoms with Crippen LogP contribution in [0.2, 0.25) is 0 Å². The summed E-state index contributed by atoms with van der Waals surface area (Å²) in [7, 11) is -4.09. The molecule has 1 aliphatic heterocycles. The van der Waals surface area contributed by atoms with E-state index in [1.165, 1.54) is 4.90 Å². The quantitative estimate of drug-likeness (QED) is 0.847. The van der Waals surface area contributed by atoms with E-state index in [1.807, 2.05) is 0 Å². The van der Waals surface area contributed by atoms with Crippen LogP contribution in [0.15, 0.2) is 4.21 Å². The van der Waals surface area contributed by atoms with Crippen molar-refractivity contribution in [3.8, 4) is 0 Å². The fourth-order valence-corrected chi connectivity index (χ4v) is 4.04. The average molecular weight is 336 g/mol. The summed E-state index contributed by atoms with van der Waals surface area (Å²) in [5, 5.41) is 4.98. The summed E-state index contributed by atoms with van der Waals surface area (Å²) < 4.78 is 41.6. The molecule has 21 heavy (non-hydrogen) atoms. The third-order valence-corrected chi connectivity index (χ3v) is 5.57. The number of carbonyl (C=O) groups excluding carboxylic acids is 1. The molecule has 0 unspecified atom stereocenters. The smallest absolute Gasteiger partial charge is 0.410 e. The number of hydrogen-bond acceptors (Lipinski definition) is 5. The number of primary sulfonamides is 1. The Labute approximate surface area is 126 Å². The van der Waals surface area contributed by atoms with E-state index in [1.54, 1.807) is 20.8 Å². The lowest BCUT2D eigenvalue weighted by Crippen LogP contribution is -2.39. The minimum Gasteiger partial charge on any atom is -0.444 e. The van der Waals surface area contributed by atoms with Gasteiger partial charge in [0.25, 0.3) is 10.0 Å². The largest absolute Gasteiger partial charge is 0.444 e. The summed E-state index contributed by atoms with van der Waals surface area (Å²) in [6.07, 6.45) is -0.165. The van der Waals surface area contributed by atoms with Crippen molar-refractivity contribution in [3.05, 3.63) is 16.3 Å². The van der Waals surface area contributed by atoms with Gasteiger partial charge in [0.2, 0.25) is 0 Å². The van der Waals surface area contributed by atoms with Crippen molar-refractivity contribution in [1.29, 1.82) is 0 Å². The van der Waals surface area contributed by atoms with Crippen molar-refractivity contribution in [1.82, 2.24) is 4.90 Å². The van der Waals surface area contributed by atoms with Crippen molar-refractivity contribution >= 4 is 27.5 Å². The molecule has 2 rings (SSSR count). The fraction of sp³-hybridized carbons (Fsp3) is 0.583. The summed E-state index contributed by atoms with van der Waals surface area (Å²) in [6, 6.07) is 0. The summed E-state index contributed by atoms with van der Waals surface area (Å²) >= 11 is 0.829. The minimum atomic E-state index is -4.09. The minimum absolute atomic E-state index is 0.0118. The molecule has 0 bridgehead atoms. The molecule has 6 nitrogen and oxygen atoms in total. The molecule has 1 aromatic rings. The van der Waals surface area contributed by atoms with Crippen LogP contribution < -0.4 is 5.14 Å². The number of halogens is 1. The fourth-order valence-electron chi connectivity index (χ4n) is 2.00. The highest BCUT2D eigenvalue weighted by atomic mass is 32.2. The molecule has 0 saturated carbocycles. The molecule has 2 N–H and O–H groups in total. The van der Waals surface area contributed by atoms with Crippen LogP contribution in [0.25, 0.3) is 0 Å². The van der Waals surface area contributed by atoms with Gasteiger partial charge in [-0.2, -0.15) is 0 Å². The van der Waals surface area contributed by atoms with E-state index in [0.29, 0.717) is 17.8 Å². The zero-order valence-corrected chi connectivity index (χ0v) is 13.6. The van der Waals surface area contributed by atoms with Gasteiger partial charge >= 0.3 is 6.09 Å². The van der Waals surface area contributed by atoms with E-state index < -0.39 is 31.7 Å². The number of carbonyl (C=O) groups is 1. The van der Waals surface area contributed by atoms with Gasteiger partial charge in [-0.1, -0.05) is 0 Å². The van der Waals surface area contributed by atoms with Crippen LogP contribution in [-0.2, 0) is 27.7 Å². The zero-order chi connectivity index (χ0) is 16.0. The maximum absolute atomic E-state index is 14.2. The van der Waals surface area contributed by atoms with Crippen LogP contribution in [0, 0.1) is 5.82 Å². The van der Waals surface area contributed by atoms with E-state index in [9.17, 15) is 17.6 Å². The number of hydrogen-bond donors (Lipinski definition) is 1. The van der Waals surface area contributed by atoms with E-state index in [4.69, 9.17) is 9.88 Å². The van der Waals surface area contributed by atoms with Crippen LogP contribution in [0.1, 0.15) is 31.2 Å². The number of nitrogens with two attached hydrogens (primary N) is 1. The monoisotopic (exact) mass is 336 g/mol. The van der Waals surface area contributed by atoms with Crippen LogP contribution in [0.3, 0.4) is 0 Å². The van der Waals surface area contributed by atoms with Gasteiger partial charge < -0.3 is 9.64 Å². The van der Waals surface area contributed by atoms with Gasteiger partial charge in [0.05, 0.1) is 6.54 Å². The van der Waals surface area contributed by atoms with Gasteiger partial charge in [-0.3, -0.25) is 0 Å². The lowest BCUT2D eigenvalue weighted by molar-refractivity contribution is 0.0223. The highest BCUT2D eigenvalue weighted by molar-refractivity contribution is 7.91. The number of amides is 1. The number of thiophene rings is 1. The molecule has 118 valence electrons. The first-order chi connectivity index (χ1) is 9.49. The topological polar surface area (TPSA) is 89.7 Å². The first kappa shape index (κ1) is 16.2. The Kier molecular flexibility index (Phi) is 4.02. The second-order valence-corrected chi connectivity index (χ2v) is 8.66. The second-order valence-electron chi connectivity index (χ2n) is 5.80. The van der Waals surface area contributed by atoms with Crippen molar-refractivity contribution in [2.75, 3.05) is 6.54 Å². The van der Waals surface area contributed by atoms with Crippen LogP contribution in [-0.4, -0.2) is 31.6 Å². The van der Waals surface area contributed by atoms with Crippen molar-refractivity contribution < 1.29 is 22.3 Å². The molecule has 0 spiro atoms. The Bertz CT molecular complexity index is 676. The van der Waals surface area contributed by atoms with E-state index in [0.717, 1.165) is 11.3 Å². The third-order valence-electron chi connectivity index (χ3n) is 2.86. The average Bonchev–Trinajstić information content (AvgIpc) is 2.64. The molecule has 0 aromatic carbocycles. The number of ether oxygens (including phenoxy) is 1. The lowest BCUT2D eigenvalue weighted by Gasteiger charge is -2.29. The van der Waals surface area contributed by atoms with Gasteiger partial charge in [-0.05, 0) is 20.8 Å². The molecular weight excluding hydrogens is 319 g/mol.